The molecule has 2 N–H and O–H groups in total. The van der Waals surface area contributed by atoms with E-state index in [0.29, 0.717) is 0 Å². The number of alkyl carbamates (subject to hydrolysis) is 1. The molecule has 1 unspecified atom stereocenters. The van der Waals surface area contributed by atoms with Crippen LogP contribution in [0.15, 0.2) is 24.3 Å². The molecule has 0 aliphatic rings. The summed E-state index contributed by atoms with van der Waals surface area (Å²) in [5, 5.41) is 11.9. The minimum Gasteiger partial charge on any atom is -0.508 e. The zero-order chi connectivity index (χ0) is 18.5. The van der Waals surface area contributed by atoms with Gasteiger partial charge in [0.2, 0.25) is 0 Å². The van der Waals surface area contributed by atoms with Crippen molar-refractivity contribution in [1.82, 2.24) is 5.32 Å². The molecule has 6 heteroatoms. The summed E-state index contributed by atoms with van der Waals surface area (Å²) in [6, 6.07) is 5.53. The maximum atomic E-state index is 12.4. The first-order valence-corrected chi connectivity index (χ1v) is 7.86. The second-order valence-electron chi connectivity index (χ2n) is 7.60. The lowest BCUT2D eigenvalue weighted by Crippen LogP contribution is -2.47. The Morgan fingerprint density at radius 3 is 1.96 bits per heavy atom. The number of hydrogen-bond acceptors (Lipinski definition) is 5. The van der Waals surface area contributed by atoms with E-state index in [-0.39, 0.29) is 12.2 Å². The summed E-state index contributed by atoms with van der Waals surface area (Å²) in [6.45, 7) is 10.5. The van der Waals surface area contributed by atoms with Crippen LogP contribution in [0.2, 0.25) is 0 Å². The van der Waals surface area contributed by atoms with Crippen LogP contribution in [0.25, 0.3) is 0 Å². The summed E-state index contributed by atoms with van der Waals surface area (Å²) in [4.78, 5) is 24.4. The largest absolute Gasteiger partial charge is 0.508 e. The molecule has 0 heterocycles. The maximum Gasteiger partial charge on any atom is 0.408 e. The van der Waals surface area contributed by atoms with Crippen molar-refractivity contribution < 1.29 is 24.2 Å². The molecule has 0 aromatic heterocycles. The van der Waals surface area contributed by atoms with Crippen molar-refractivity contribution in [2.45, 2.75) is 65.2 Å². The Hall–Kier alpha value is -2.24. The molecule has 134 valence electrons. The van der Waals surface area contributed by atoms with Gasteiger partial charge in [-0.05, 0) is 59.2 Å². The molecule has 1 amide bonds. The predicted octanol–water partition coefficient (Wildman–Crippen LogP) is 3.17. The topological polar surface area (TPSA) is 84.9 Å². The highest BCUT2D eigenvalue weighted by molar-refractivity contribution is 5.82. The molecule has 0 spiro atoms. The number of phenolic OH excluding ortho intramolecular Hbond substituents is 1. The molecule has 24 heavy (non-hydrogen) atoms. The van der Waals surface area contributed by atoms with Crippen molar-refractivity contribution in [2.24, 2.45) is 0 Å². The summed E-state index contributed by atoms with van der Waals surface area (Å²) in [5.74, 6) is -0.408. The molecule has 0 saturated carbocycles. The van der Waals surface area contributed by atoms with Crippen molar-refractivity contribution >= 4 is 12.1 Å². The summed E-state index contributed by atoms with van der Waals surface area (Å²) in [7, 11) is 0. The number of esters is 1. The van der Waals surface area contributed by atoms with Crippen LogP contribution in [0.1, 0.15) is 47.1 Å². The normalized spacial score (nSPS) is 13.1. The molecule has 0 fully saturated rings. The number of ether oxygens (including phenoxy) is 2. The van der Waals surface area contributed by atoms with Gasteiger partial charge in [-0.3, -0.25) is 0 Å². The minimum absolute atomic E-state index is 0.132. The Balaban J connectivity index is 2.88. The molecule has 6 nitrogen and oxygen atoms in total. The smallest absolute Gasteiger partial charge is 0.408 e. The number of benzene rings is 1. The first-order valence-electron chi connectivity index (χ1n) is 7.86. The number of hydrogen-bond donors (Lipinski definition) is 2. The molecular formula is C18H27NO5. The van der Waals surface area contributed by atoms with E-state index >= 15 is 0 Å². The fraction of sp³-hybridized carbons (Fsp3) is 0.556. The van der Waals surface area contributed by atoms with Crippen molar-refractivity contribution in [3.63, 3.8) is 0 Å². The number of carbonyl (C=O) groups is 2. The van der Waals surface area contributed by atoms with Gasteiger partial charge < -0.3 is 19.9 Å². The molecule has 1 atom stereocenters. The summed E-state index contributed by atoms with van der Waals surface area (Å²) in [6.07, 6.45) is -0.453. The minimum atomic E-state index is -0.886. The number of rotatable bonds is 4. The van der Waals surface area contributed by atoms with Crippen LogP contribution in [0.3, 0.4) is 0 Å². The van der Waals surface area contributed by atoms with Gasteiger partial charge in [0.25, 0.3) is 0 Å². The highest BCUT2D eigenvalue weighted by Gasteiger charge is 2.28. The molecule has 1 rings (SSSR count). The summed E-state index contributed by atoms with van der Waals surface area (Å²) < 4.78 is 10.6. The Labute approximate surface area is 143 Å². The van der Waals surface area contributed by atoms with Crippen LogP contribution in [0.5, 0.6) is 5.75 Å². The van der Waals surface area contributed by atoms with Gasteiger partial charge in [-0.1, -0.05) is 12.1 Å². The van der Waals surface area contributed by atoms with Gasteiger partial charge in [-0.2, -0.15) is 0 Å². The lowest BCUT2D eigenvalue weighted by molar-refractivity contribution is -0.157. The van der Waals surface area contributed by atoms with Crippen LogP contribution in [-0.4, -0.2) is 34.4 Å². The second-order valence-corrected chi connectivity index (χ2v) is 7.60. The SMILES string of the molecule is CC(C)(C)OC(=O)NC(Cc1ccc(O)cc1)C(=O)OC(C)(C)C. The lowest BCUT2D eigenvalue weighted by atomic mass is 10.1. The van der Waals surface area contributed by atoms with Gasteiger partial charge in [0.05, 0.1) is 0 Å². The average molecular weight is 337 g/mol. The molecule has 1 aromatic carbocycles. The molecule has 0 aliphatic heterocycles. The molecule has 0 saturated heterocycles. The predicted molar refractivity (Wildman–Crippen MR) is 90.8 cm³/mol. The lowest BCUT2D eigenvalue weighted by Gasteiger charge is -2.26. The van der Waals surface area contributed by atoms with E-state index in [1.807, 2.05) is 0 Å². The molecule has 0 bridgehead atoms. The Bertz CT molecular complexity index is 567. The van der Waals surface area contributed by atoms with Gasteiger partial charge in [-0.25, -0.2) is 9.59 Å². The third kappa shape index (κ3) is 7.85. The maximum absolute atomic E-state index is 12.4. The zero-order valence-electron chi connectivity index (χ0n) is 15.2. The van der Waals surface area contributed by atoms with Crippen molar-refractivity contribution in [3.05, 3.63) is 29.8 Å². The van der Waals surface area contributed by atoms with E-state index in [2.05, 4.69) is 5.32 Å². The fourth-order valence-corrected chi connectivity index (χ4v) is 1.88. The van der Waals surface area contributed by atoms with E-state index in [4.69, 9.17) is 9.47 Å². The van der Waals surface area contributed by atoms with Crippen molar-refractivity contribution in [1.29, 1.82) is 0 Å². The van der Waals surface area contributed by atoms with Crippen LogP contribution < -0.4 is 5.32 Å². The number of phenols is 1. The first kappa shape index (κ1) is 19.8. The van der Waals surface area contributed by atoms with Gasteiger partial charge in [0.1, 0.15) is 23.0 Å². The van der Waals surface area contributed by atoms with E-state index in [9.17, 15) is 14.7 Å². The second kappa shape index (κ2) is 7.55. The van der Waals surface area contributed by atoms with E-state index in [1.165, 1.54) is 12.1 Å². The number of nitrogens with one attached hydrogen (secondary N) is 1. The fourth-order valence-electron chi connectivity index (χ4n) is 1.88. The third-order valence-electron chi connectivity index (χ3n) is 2.76. The van der Waals surface area contributed by atoms with E-state index < -0.39 is 29.3 Å². The van der Waals surface area contributed by atoms with Gasteiger partial charge in [-0.15, -0.1) is 0 Å². The van der Waals surface area contributed by atoms with Crippen LogP contribution in [0.4, 0.5) is 4.79 Å². The number of carbonyl (C=O) groups excluding carboxylic acids is 2. The van der Waals surface area contributed by atoms with Crippen LogP contribution in [0, 0.1) is 0 Å². The summed E-state index contributed by atoms with van der Waals surface area (Å²) >= 11 is 0. The van der Waals surface area contributed by atoms with Crippen molar-refractivity contribution in [2.75, 3.05) is 0 Å². The monoisotopic (exact) mass is 337 g/mol. The Morgan fingerprint density at radius 1 is 1.00 bits per heavy atom. The van der Waals surface area contributed by atoms with E-state index in [0.717, 1.165) is 5.56 Å². The van der Waals surface area contributed by atoms with Crippen molar-refractivity contribution in [3.8, 4) is 5.75 Å². The molecular weight excluding hydrogens is 310 g/mol. The zero-order valence-corrected chi connectivity index (χ0v) is 15.2. The van der Waals surface area contributed by atoms with Gasteiger partial charge in [0, 0.05) is 6.42 Å². The third-order valence-corrected chi connectivity index (χ3v) is 2.76. The van der Waals surface area contributed by atoms with Gasteiger partial charge >= 0.3 is 12.1 Å². The van der Waals surface area contributed by atoms with Crippen LogP contribution >= 0.6 is 0 Å². The highest BCUT2D eigenvalue weighted by atomic mass is 16.6. The molecule has 0 aliphatic carbocycles. The number of amides is 1. The van der Waals surface area contributed by atoms with Crippen LogP contribution in [-0.2, 0) is 20.7 Å². The standard InChI is InChI=1S/C18H27NO5/c1-17(2,3)23-15(21)14(19-16(22)24-18(4,5)6)11-12-7-9-13(20)10-8-12/h7-10,14,20H,11H2,1-6H3,(H,19,22). The average Bonchev–Trinajstić information content (AvgIpc) is 2.36. The Kier molecular flexibility index (Phi) is 6.23. The van der Waals surface area contributed by atoms with Gasteiger partial charge in [0.15, 0.2) is 0 Å². The highest BCUT2D eigenvalue weighted by Crippen LogP contribution is 2.15. The summed E-state index contributed by atoms with van der Waals surface area (Å²) in [5.41, 5.74) is -0.555. The Morgan fingerprint density at radius 2 is 1.50 bits per heavy atom. The number of aromatic hydroxyl groups is 1. The quantitative estimate of drug-likeness (QED) is 0.824. The van der Waals surface area contributed by atoms with E-state index in [1.54, 1.807) is 53.7 Å². The first-order chi connectivity index (χ1) is 10.9. The molecule has 1 aromatic rings. The molecule has 0 radical (unpaired) electrons.